The Morgan fingerprint density at radius 1 is 1.24 bits per heavy atom. The predicted molar refractivity (Wildman–Crippen MR) is 86.6 cm³/mol. The molecule has 1 aromatic carbocycles. The summed E-state index contributed by atoms with van der Waals surface area (Å²) in [6.07, 6.45) is 6.48. The summed E-state index contributed by atoms with van der Waals surface area (Å²) in [4.78, 5) is 2.66. The van der Waals surface area contributed by atoms with Crippen molar-refractivity contribution in [3.8, 4) is 0 Å². The van der Waals surface area contributed by atoms with Crippen molar-refractivity contribution in [2.75, 3.05) is 33.4 Å². The van der Waals surface area contributed by atoms with Crippen molar-refractivity contribution in [3.05, 3.63) is 35.4 Å². The third-order valence-corrected chi connectivity index (χ3v) is 4.98. The first-order valence-corrected chi connectivity index (χ1v) is 8.42. The molecule has 0 spiro atoms. The van der Waals surface area contributed by atoms with Crippen LogP contribution < -0.4 is 5.32 Å². The number of fused-ring (bicyclic) bond motifs is 1. The van der Waals surface area contributed by atoms with Gasteiger partial charge in [0.2, 0.25) is 0 Å². The molecule has 1 aromatic rings. The first-order valence-electron chi connectivity index (χ1n) is 8.42. The molecule has 1 N–H and O–H groups in total. The van der Waals surface area contributed by atoms with Crippen LogP contribution in [0.25, 0.3) is 0 Å². The van der Waals surface area contributed by atoms with E-state index in [1.54, 1.807) is 18.2 Å². The van der Waals surface area contributed by atoms with Gasteiger partial charge in [-0.1, -0.05) is 24.3 Å². The Kier molecular flexibility index (Phi) is 5.28. The molecule has 3 nitrogen and oxygen atoms in total. The van der Waals surface area contributed by atoms with Crippen LogP contribution in [0.5, 0.6) is 0 Å². The van der Waals surface area contributed by atoms with Gasteiger partial charge in [-0.2, -0.15) is 0 Å². The highest BCUT2D eigenvalue weighted by molar-refractivity contribution is 5.32. The Morgan fingerprint density at radius 3 is 2.95 bits per heavy atom. The van der Waals surface area contributed by atoms with Crippen LogP contribution in [-0.4, -0.2) is 44.3 Å². The SMILES string of the molecule is COCCN(CC1CCCN1)C1CCCc2ccccc21. The summed E-state index contributed by atoms with van der Waals surface area (Å²) in [5.41, 5.74) is 3.10. The van der Waals surface area contributed by atoms with E-state index in [0.29, 0.717) is 12.1 Å². The maximum Gasteiger partial charge on any atom is 0.0589 e. The van der Waals surface area contributed by atoms with Crippen molar-refractivity contribution < 1.29 is 4.74 Å². The summed E-state index contributed by atoms with van der Waals surface area (Å²) < 4.78 is 5.35. The van der Waals surface area contributed by atoms with E-state index in [2.05, 4.69) is 34.5 Å². The third kappa shape index (κ3) is 3.65. The number of hydrogen-bond donors (Lipinski definition) is 1. The van der Waals surface area contributed by atoms with Crippen molar-refractivity contribution in [2.45, 2.75) is 44.2 Å². The molecule has 0 saturated carbocycles. The summed E-state index contributed by atoms with van der Waals surface area (Å²) in [7, 11) is 1.81. The van der Waals surface area contributed by atoms with Crippen molar-refractivity contribution in [1.29, 1.82) is 0 Å². The van der Waals surface area contributed by atoms with Crippen molar-refractivity contribution >= 4 is 0 Å². The molecule has 3 heteroatoms. The third-order valence-electron chi connectivity index (χ3n) is 4.98. The summed E-state index contributed by atoms with van der Waals surface area (Å²) in [5.74, 6) is 0. The lowest BCUT2D eigenvalue weighted by Crippen LogP contribution is -2.42. The van der Waals surface area contributed by atoms with Crippen LogP contribution in [-0.2, 0) is 11.2 Å². The molecule has 1 aliphatic heterocycles. The Bertz CT molecular complexity index is 443. The summed E-state index contributed by atoms with van der Waals surface area (Å²) in [6, 6.07) is 10.3. The molecule has 2 aliphatic rings. The second kappa shape index (κ2) is 7.39. The van der Waals surface area contributed by atoms with Gasteiger partial charge in [0.25, 0.3) is 0 Å². The van der Waals surface area contributed by atoms with E-state index in [0.717, 1.165) is 19.7 Å². The fourth-order valence-electron chi connectivity index (χ4n) is 3.89. The largest absolute Gasteiger partial charge is 0.383 e. The Labute approximate surface area is 128 Å². The maximum atomic E-state index is 5.35. The second-order valence-electron chi connectivity index (χ2n) is 6.39. The molecule has 1 saturated heterocycles. The summed E-state index contributed by atoms with van der Waals surface area (Å²) in [5, 5.41) is 3.64. The van der Waals surface area contributed by atoms with Gasteiger partial charge in [-0.15, -0.1) is 0 Å². The van der Waals surface area contributed by atoms with E-state index < -0.39 is 0 Å². The number of ether oxygens (including phenoxy) is 1. The number of aryl methyl sites for hydroxylation is 1. The molecule has 116 valence electrons. The van der Waals surface area contributed by atoms with Crippen LogP contribution >= 0.6 is 0 Å². The zero-order valence-electron chi connectivity index (χ0n) is 13.2. The van der Waals surface area contributed by atoms with Gasteiger partial charge < -0.3 is 10.1 Å². The predicted octanol–water partition coefficient (Wildman–Crippen LogP) is 2.76. The number of hydrogen-bond acceptors (Lipinski definition) is 3. The second-order valence-corrected chi connectivity index (χ2v) is 6.39. The van der Waals surface area contributed by atoms with Gasteiger partial charge in [0, 0.05) is 32.3 Å². The van der Waals surface area contributed by atoms with Crippen LogP contribution in [0.15, 0.2) is 24.3 Å². The zero-order chi connectivity index (χ0) is 14.5. The minimum atomic E-state index is 0.576. The number of benzene rings is 1. The van der Waals surface area contributed by atoms with E-state index in [1.807, 2.05) is 0 Å². The Balaban J connectivity index is 1.75. The topological polar surface area (TPSA) is 24.5 Å². The first-order chi connectivity index (χ1) is 10.4. The fraction of sp³-hybridized carbons (Fsp3) is 0.667. The van der Waals surface area contributed by atoms with E-state index in [9.17, 15) is 0 Å². The molecule has 2 unspecified atom stereocenters. The molecule has 0 amide bonds. The number of nitrogens with one attached hydrogen (secondary N) is 1. The van der Waals surface area contributed by atoms with Crippen LogP contribution in [0.1, 0.15) is 42.9 Å². The smallest absolute Gasteiger partial charge is 0.0589 e. The molecule has 1 fully saturated rings. The van der Waals surface area contributed by atoms with Crippen molar-refractivity contribution in [2.24, 2.45) is 0 Å². The molecule has 0 radical (unpaired) electrons. The quantitative estimate of drug-likeness (QED) is 0.871. The van der Waals surface area contributed by atoms with Gasteiger partial charge in [0.1, 0.15) is 0 Å². The van der Waals surface area contributed by atoms with Crippen LogP contribution in [0.4, 0.5) is 0 Å². The number of methoxy groups -OCH3 is 1. The Hall–Kier alpha value is -0.900. The van der Waals surface area contributed by atoms with E-state index >= 15 is 0 Å². The lowest BCUT2D eigenvalue weighted by atomic mass is 9.86. The normalized spacial score (nSPS) is 25.2. The summed E-state index contributed by atoms with van der Waals surface area (Å²) in [6.45, 7) is 4.20. The average molecular weight is 288 g/mol. The maximum absolute atomic E-state index is 5.35. The number of rotatable bonds is 6. The van der Waals surface area contributed by atoms with Gasteiger partial charge in [0.15, 0.2) is 0 Å². The van der Waals surface area contributed by atoms with E-state index in [4.69, 9.17) is 4.74 Å². The van der Waals surface area contributed by atoms with Crippen molar-refractivity contribution in [1.82, 2.24) is 10.2 Å². The highest BCUT2D eigenvalue weighted by Crippen LogP contribution is 2.34. The standard InChI is InChI=1S/C18H28N2O/c1-21-13-12-20(14-16-8-5-11-19-16)18-10-4-7-15-6-2-3-9-17(15)18/h2-3,6,9,16,18-19H,4-5,7-8,10-14H2,1H3. The minimum absolute atomic E-state index is 0.576. The highest BCUT2D eigenvalue weighted by atomic mass is 16.5. The van der Waals surface area contributed by atoms with E-state index in [1.165, 1.54) is 38.6 Å². The van der Waals surface area contributed by atoms with Gasteiger partial charge in [-0.05, 0) is 49.8 Å². The van der Waals surface area contributed by atoms with E-state index in [-0.39, 0.29) is 0 Å². The van der Waals surface area contributed by atoms with Gasteiger partial charge in [-0.3, -0.25) is 4.90 Å². The van der Waals surface area contributed by atoms with Gasteiger partial charge in [-0.25, -0.2) is 0 Å². The molecular weight excluding hydrogens is 260 g/mol. The van der Waals surface area contributed by atoms with Crippen molar-refractivity contribution in [3.63, 3.8) is 0 Å². The van der Waals surface area contributed by atoms with Gasteiger partial charge >= 0.3 is 0 Å². The fourth-order valence-corrected chi connectivity index (χ4v) is 3.89. The average Bonchev–Trinajstić information content (AvgIpc) is 3.04. The lowest BCUT2D eigenvalue weighted by Gasteiger charge is -2.37. The molecule has 1 aliphatic carbocycles. The number of nitrogens with zero attached hydrogens (tertiary/aromatic N) is 1. The first kappa shape index (κ1) is 15.0. The molecule has 2 atom stereocenters. The van der Waals surface area contributed by atoms with Gasteiger partial charge in [0.05, 0.1) is 6.61 Å². The van der Waals surface area contributed by atoms with Crippen LogP contribution in [0, 0.1) is 0 Å². The van der Waals surface area contributed by atoms with Crippen LogP contribution in [0.3, 0.4) is 0 Å². The molecular formula is C18H28N2O. The molecule has 0 bridgehead atoms. The van der Waals surface area contributed by atoms with Crippen LogP contribution in [0.2, 0.25) is 0 Å². The Morgan fingerprint density at radius 2 is 2.14 bits per heavy atom. The minimum Gasteiger partial charge on any atom is -0.383 e. The molecule has 21 heavy (non-hydrogen) atoms. The molecule has 1 heterocycles. The highest BCUT2D eigenvalue weighted by Gasteiger charge is 2.28. The zero-order valence-corrected chi connectivity index (χ0v) is 13.2. The molecule has 0 aromatic heterocycles. The summed E-state index contributed by atoms with van der Waals surface area (Å²) >= 11 is 0. The monoisotopic (exact) mass is 288 g/mol. The molecule has 3 rings (SSSR count). The lowest BCUT2D eigenvalue weighted by molar-refractivity contribution is 0.105.